The number of ether oxygens (including phenoxy) is 1. The Balaban J connectivity index is 1.43. The highest BCUT2D eigenvalue weighted by Crippen LogP contribution is 2.26. The maximum atomic E-state index is 14.0. The number of amides is 2. The van der Waals surface area contributed by atoms with Crippen LogP contribution in [0.1, 0.15) is 43.2 Å². The average Bonchev–Trinajstić information content (AvgIpc) is 2.98. The van der Waals surface area contributed by atoms with Crippen LogP contribution in [-0.4, -0.2) is 35.4 Å². The second-order valence-electron chi connectivity index (χ2n) is 10.5. The van der Waals surface area contributed by atoms with Crippen molar-refractivity contribution in [3.8, 4) is 5.75 Å². The number of fused-ring (bicyclic) bond motifs is 1. The minimum atomic E-state index is -0.702. The van der Waals surface area contributed by atoms with Crippen molar-refractivity contribution in [1.82, 2.24) is 10.2 Å². The number of carbonyl (C=O) groups excluding carboxylic acids is 2. The summed E-state index contributed by atoms with van der Waals surface area (Å²) >= 11 is 6.30. The molecule has 0 radical (unpaired) electrons. The van der Waals surface area contributed by atoms with E-state index in [1.54, 1.807) is 11.0 Å². The number of hydrogen-bond acceptors (Lipinski definition) is 3. The van der Waals surface area contributed by atoms with Crippen LogP contribution in [0, 0.1) is 0 Å². The van der Waals surface area contributed by atoms with Gasteiger partial charge >= 0.3 is 0 Å². The first-order valence-electron chi connectivity index (χ1n) is 14.1. The zero-order valence-corrected chi connectivity index (χ0v) is 23.4. The van der Waals surface area contributed by atoms with Crippen LogP contribution in [0.2, 0.25) is 5.02 Å². The lowest BCUT2D eigenvalue weighted by Crippen LogP contribution is -2.53. The van der Waals surface area contributed by atoms with E-state index in [9.17, 15) is 9.59 Å². The molecule has 0 heterocycles. The predicted molar refractivity (Wildman–Crippen MR) is 160 cm³/mol. The van der Waals surface area contributed by atoms with Crippen molar-refractivity contribution in [3.63, 3.8) is 0 Å². The molecule has 0 spiro atoms. The van der Waals surface area contributed by atoms with Gasteiger partial charge in [0.15, 0.2) is 6.61 Å². The van der Waals surface area contributed by atoms with Crippen molar-refractivity contribution in [2.45, 2.75) is 57.2 Å². The molecule has 40 heavy (non-hydrogen) atoms. The van der Waals surface area contributed by atoms with Crippen molar-refractivity contribution < 1.29 is 14.3 Å². The van der Waals surface area contributed by atoms with Gasteiger partial charge in [-0.2, -0.15) is 0 Å². The summed E-state index contributed by atoms with van der Waals surface area (Å²) in [6.45, 7) is 0.0600. The van der Waals surface area contributed by atoms with Crippen LogP contribution in [-0.2, 0) is 22.6 Å². The Labute approximate surface area is 241 Å². The Morgan fingerprint density at radius 1 is 0.850 bits per heavy atom. The van der Waals surface area contributed by atoms with E-state index in [-0.39, 0.29) is 31.0 Å². The molecule has 1 saturated carbocycles. The standard InChI is InChI=1S/C34H35ClN2O3/c35-28-16-9-13-26(21-28)23-37(33(38)24-40-32-20-10-15-27-14-7-8-19-30(27)32)31(22-25-11-3-1-4-12-25)34(39)36-29-17-5-2-6-18-29/h1,3-4,7-16,19-21,29,31H,2,5-6,17-18,22-24H2,(H,36,39). The fraction of sp³-hybridized carbons (Fsp3) is 0.294. The van der Waals surface area contributed by atoms with E-state index < -0.39 is 6.04 Å². The second-order valence-corrected chi connectivity index (χ2v) is 10.9. The van der Waals surface area contributed by atoms with Gasteiger partial charge in [-0.05, 0) is 47.6 Å². The summed E-state index contributed by atoms with van der Waals surface area (Å²) in [5, 5.41) is 5.84. The molecule has 0 bridgehead atoms. The molecule has 1 N–H and O–H groups in total. The Morgan fingerprint density at radius 3 is 2.35 bits per heavy atom. The maximum Gasteiger partial charge on any atom is 0.261 e. The molecule has 0 saturated heterocycles. The van der Waals surface area contributed by atoms with E-state index in [1.807, 2.05) is 91.0 Å². The van der Waals surface area contributed by atoms with Crippen molar-refractivity contribution >= 4 is 34.2 Å². The van der Waals surface area contributed by atoms with Crippen LogP contribution in [0.15, 0.2) is 97.1 Å². The number of nitrogens with zero attached hydrogens (tertiary/aromatic N) is 1. The third-order valence-electron chi connectivity index (χ3n) is 7.57. The first-order chi connectivity index (χ1) is 19.6. The van der Waals surface area contributed by atoms with Gasteiger partial charge in [0.25, 0.3) is 5.91 Å². The molecule has 6 heteroatoms. The summed E-state index contributed by atoms with van der Waals surface area (Å²) in [4.78, 5) is 29.5. The van der Waals surface area contributed by atoms with Crippen molar-refractivity contribution in [2.75, 3.05) is 6.61 Å². The molecule has 1 aliphatic rings. The molecule has 5 nitrogen and oxygen atoms in total. The maximum absolute atomic E-state index is 14.0. The quantitative estimate of drug-likeness (QED) is 0.230. The minimum absolute atomic E-state index is 0.128. The zero-order chi connectivity index (χ0) is 27.7. The highest BCUT2D eigenvalue weighted by molar-refractivity contribution is 6.30. The highest BCUT2D eigenvalue weighted by atomic mass is 35.5. The van der Waals surface area contributed by atoms with Gasteiger partial charge in [0.1, 0.15) is 11.8 Å². The molecule has 4 aromatic rings. The van der Waals surface area contributed by atoms with Crippen LogP contribution >= 0.6 is 11.6 Å². The molecular weight excluding hydrogens is 520 g/mol. The molecule has 2 amide bonds. The molecule has 1 fully saturated rings. The van der Waals surface area contributed by atoms with Gasteiger partial charge in [-0.1, -0.05) is 110 Å². The number of halogens is 1. The largest absolute Gasteiger partial charge is 0.483 e. The van der Waals surface area contributed by atoms with Crippen LogP contribution < -0.4 is 10.1 Å². The third-order valence-corrected chi connectivity index (χ3v) is 7.80. The van der Waals surface area contributed by atoms with Crippen LogP contribution in [0.4, 0.5) is 0 Å². The van der Waals surface area contributed by atoms with Gasteiger partial charge in [-0.25, -0.2) is 0 Å². The van der Waals surface area contributed by atoms with E-state index in [0.29, 0.717) is 17.2 Å². The minimum Gasteiger partial charge on any atom is -0.483 e. The van der Waals surface area contributed by atoms with E-state index in [1.165, 1.54) is 6.42 Å². The Hall–Kier alpha value is -3.83. The first-order valence-corrected chi connectivity index (χ1v) is 14.4. The smallest absolute Gasteiger partial charge is 0.261 e. The van der Waals surface area contributed by atoms with Gasteiger partial charge < -0.3 is 15.0 Å². The number of rotatable bonds is 10. The lowest BCUT2D eigenvalue weighted by atomic mass is 9.94. The van der Waals surface area contributed by atoms with Gasteiger partial charge in [-0.15, -0.1) is 0 Å². The number of nitrogens with one attached hydrogen (secondary N) is 1. The van der Waals surface area contributed by atoms with Gasteiger partial charge in [0.05, 0.1) is 0 Å². The summed E-state index contributed by atoms with van der Waals surface area (Å²) in [7, 11) is 0. The lowest BCUT2D eigenvalue weighted by molar-refractivity contribution is -0.143. The first kappa shape index (κ1) is 27.7. The molecule has 1 aliphatic carbocycles. The molecule has 206 valence electrons. The third kappa shape index (κ3) is 7.22. The van der Waals surface area contributed by atoms with Gasteiger partial charge in [0, 0.05) is 29.4 Å². The molecule has 0 aliphatic heterocycles. The van der Waals surface area contributed by atoms with Crippen LogP contribution in [0.3, 0.4) is 0 Å². The zero-order valence-electron chi connectivity index (χ0n) is 22.6. The Morgan fingerprint density at radius 2 is 1.55 bits per heavy atom. The number of hydrogen-bond donors (Lipinski definition) is 1. The molecule has 1 atom stereocenters. The molecule has 1 unspecified atom stereocenters. The summed E-state index contributed by atoms with van der Waals surface area (Å²) in [5.41, 5.74) is 1.85. The normalized spacial score (nSPS) is 14.4. The number of carbonyl (C=O) groups is 2. The molecule has 0 aromatic heterocycles. The van der Waals surface area contributed by atoms with Crippen molar-refractivity contribution in [3.05, 3.63) is 113 Å². The van der Waals surface area contributed by atoms with E-state index in [0.717, 1.165) is 47.6 Å². The van der Waals surface area contributed by atoms with Crippen LogP contribution in [0.25, 0.3) is 10.8 Å². The average molecular weight is 555 g/mol. The fourth-order valence-electron chi connectivity index (χ4n) is 5.47. The number of benzene rings is 4. The summed E-state index contributed by atoms with van der Waals surface area (Å²) < 4.78 is 6.10. The summed E-state index contributed by atoms with van der Waals surface area (Å²) in [6, 6.07) is 30.4. The second kappa shape index (κ2) is 13.5. The Bertz CT molecular complexity index is 1430. The summed E-state index contributed by atoms with van der Waals surface area (Å²) in [5.74, 6) is 0.254. The highest BCUT2D eigenvalue weighted by Gasteiger charge is 2.32. The molecular formula is C34H35ClN2O3. The van der Waals surface area contributed by atoms with Crippen molar-refractivity contribution in [1.29, 1.82) is 0 Å². The van der Waals surface area contributed by atoms with Crippen molar-refractivity contribution in [2.24, 2.45) is 0 Å². The predicted octanol–water partition coefficient (Wildman–Crippen LogP) is 6.96. The molecule has 5 rings (SSSR count). The van der Waals surface area contributed by atoms with Gasteiger partial charge in [0.2, 0.25) is 5.91 Å². The van der Waals surface area contributed by atoms with Crippen LogP contribution in [0.5, 0.6) is 5.75 Å². The van der Waals surface area contributed by atoms with E-state index in [4.69, 9.17) is 16.3 Å². The monoisotopic (exact) mass is 554 g/mol. The van der Waals surface area contributed by atoms with E-state index in [2.05, 4.69) is 5.32 Å². The molecule has 4 aromatic carbocycles. The SMILES string of the molecule is O=C(NC1CCCCC1)C(Cc1ccccc1)N(Cc1cccc(Cl)c1)C(=O)COc1cccc2ccccc12. The summed E-state index contributed by atoms with van der Waals surface area (Å²) in [6.07, 6.45) is 5.76. The van der Waals surface area contributed by atoms with E-state index >= 15 is 0 Å². The Kier molecular flexibility index (Phi) is 9.35. The fourth-order valence-corrected chi connectivity index (χ4v) is 5.69. The van der Waals surface area contributed by atoms with Gasteiger partial charge in [-0.3, -0.25) is 9.59 Å². The lowest BCUT2D eigenvalue weighted by Gasteiger charge is -2.33. The topological polar surface area (TPSA) is 58.6 Å².